The maximum absolute atomic E-state index is 12.0. The van der Waals surface area contributed by atoms with Gasteiger partial charge in [-0.15, -0.1) is 5.10 Å². The second kappa shape index (κ2) is 7.22. The molecular weight excluding hydrogens is 266 g/mol. The molecule has 0 fully saturated rings. The van der Waals surface area contributed by atoms with Gasteiger partial charge in [-0.2, -0.15) is 0 Å². The highest BCUT2D eigenvalue weighted by atomic mass is 16.1. The van der Waals surface area contributed by atoms with Crippen molar-refractivity contribution in [1.29, 1.82) is 0 Å². The van der Waals surface area contributed by atoms with E-state index in [0.29, 0.717) is 18.7 Å². The molecule has 0 atom stereocenters. The minimum Gasteiger partial charge on any atom is -0.325 e. The largest absolute Gasteiger partial charge is 0.325 e. The fraction of sp³-hybridized carbons (Fsp3) is 0.267. The van der Waals surface area contributed by atoms with Crippen molar-refractivity contribution < 1.29 is 4.79 Å². The van der Waals surface area contributed by atoms with Crippen LogP contribution in [0.4, 0.5) is 5.69 Å². The standard InChI is InChI=1S/C15H17N5O/c1-12-4-5-13(3-2-7-16)14(11-12)18-15(21)6-9-20-10-8-17-19-20/h4-5,8,10-11H,6-7,9,16H2,1H3,(H,18,21). The Morgan fingerprint density at radius 3 is 3.05 bits per heavy atom. The molecule has 6 nitrogen and oxygen atoms in total. The number of aromatic nitrogens is 3. The van der Waals surface area contributed by atoms with E-state index < -0.39 is 0 Å². The Morgan fingerprint density at radius 2 is 2.33 bits per heavy atom. The lowest BCUT2D eigenvalue weighted by Gasteiger charge is -2.08. The van der Waals surface area contributed by atoms with Crippen LogP contribution in [0.15, 0.2) is 30.6 Å². The highest BCUT2D eigenvalue weighted by Gasteiger charge is 2.07. The van der Waals surface area contributed by atoms with E-state index in [9.17, 15) is 4.79 Å². The lowest BCUT2D eigenvalue weighted by molar-refractivity contribution is -0.116. The van der Waals surface area contributed by atoms with E-state index in [-0.39, 0.29) is 12.5 Å². The van der Waals surface area contributed by atoms with E-state index in [1.165, 1.54) is 0 Å². The quantitative estimate of drug-likeness (QED) is 0.817. The van der Waals surface area contributed by atoms with Gasteiger partial charge < -0.3 is 11.1 Å². The second-order valence-corrected chi connectivity index (χ2v) is 4.52. The zero-order valence-corrected chi connectivity index (χ0v) is 11.8. The Kier molecular flexibility index (Phi) is 5.07. The van der Waals surface area contributed by atoms with Gasteiger partial charge in [0.2, 0.25) is 5.91 Å². The highest BCUT2D eigenvalue weighted by molar-refractivity contribution is 5.92. The molecule has 0 aliphatic carbocycles. The molecule has 2 aromatic rings. The Labute approximate surface area is 123 Å². The van der Waals surface area contributed by atoms with Gasteiger partial charge in [-0.05, 0) is 24.6 Å². The summed E-state index contributed by atoms with van der Waals surface area (Å²) >= 11 is 0. The minimum absolute atomic E-state index is 0.0908. The molecule has 0 spiro atoms. The highest BCUT2D eigenvalue weighted by Crippen LogP contribution is 2.17. The van der Waals surface area contributed by atoms with Crippen LogP contribution in [-0.2, 0) is 11.3 Å². The van der Waals surface area contributed by atoms with Crippen LogP contribution < -0.4 is 11.1 Å². The van der Waals surface area contributed by atoms with Gasteiger partial charge in [0.05, 0.1) is 25.0 Å². The number of nitrogens with one attached hydrogen (secondary N) is 1. The first-order valence-electron chi connectivity index (χ1n) is 6.62. The van der Waals surface area contributed by atoms with Gasteiger partial charge in [0.1, 0.15) is 0 Å². The summed E-state index contributed by atoms with van der Waals surface area (Å²) in [6.07, 6.45) is 3.62. The molecule has 2 rings (SSSR count). The SMILES string of the molecule is Cc1ccc(C#CCN)c(NC(=O)CCn2ccnn2)c1. The Hall–Kier alpha value is -2.65. The molecule has 21 heavy (non-hydrogen) atoms. The maximum Gasteiger partial charge on any atom is 0.226 e. The molecule has 0 saturated heterocycles. The number of aryl methyl sites for hydroxylation is 2. The predicted octanol–water partition coefficient (Wildman–Crippen LogP) is 0.926. The van der Waals surface area contributed by atoms with Gasteiger partial charge in [0.15, 0.2) is 0 Å². The topological polar surface area (TPSA) is 85.8 Å². The van der Waals surface area contributed by atoms with Crippen molar-refractivity contribution in [3.8, 4) is 11.8 Å². The third-order valence-corrected chi connectivity index (χ3v) is 2.81. The number of rotatable bonds is 4. The Morgan fingerprint density at radius 1 is 1.48 bits per heavy atom. The molecule has 0 radical (unpaired) electrons. The third-order valence-electron chi connectivity index (χ3n) is 2.81. The summed E-state index contributed by atoms with van der Waals surface area (Å²) in [5.41, 5.74) is 7.91. The van der Waals surface area contributed by atoms with Gasteiger partial charge in [-0.1, -0.05) is 23.1 Å². The van der Waals surface area contributed by atoms with Crippen LogP contribution in [0.1, 0.15) is 17.5 Å². The zero-order valence-electron chi connectivity index (χ0n) is 11.8. The molecule has 0 unspecified atom stereocenters. The summed E-state index contributed by atoms with van der Waals surface area (Å²) < 4.78 is 1.62. The molecule has 1 heterocycles. The lowest BCUT2D eigenvalue weighted by Crippen LogP contribution is -2.15. The molecule has 108 valence electrons. The van der Waals surface area contributed by atoms with E-state index in [1.54, 1.807) is 17.1 Å². The Bertz CT molecular complexity index is 667. The number of nitrogens with zero attached hydrogens (tertiary/aromatic N) is 3. The molecule has 0 aliphatic heterocycles. The number of hydrogen-bond donors (Lipinski definition) is 2. The van der Waals surface area contributed by atoms with Gasteiger partial charge in [0.25, 0.3) is 0 Å². The summed E-state index contributed by atoms with van der Waals surface area (Å²) in [7, 11) is 0. The smallest absolute Gasteiger partial charge is 0.226 e. The molecule has 1 aromatic carbocycles. The van der Waals surface area contributed by atoms with E-state index in [1.807, 2.05) is 25.1 Å². The second-order valence-electron chi connectivity index (χ2n) is 4.52. The number of hydrogen-bond acceptors (Lipinski definition) is 4. The number of nitrogens with two attached hydrogens (primary N) is 1. The zero-order chi connectivity index (χ0) is 15.1. The third kappa shape index (κ3) is 4.44. The Balaban J connectivity index is 2.03. The molecule has 0 saturated carbocycles. The van der Waals surface area contributed by atoms with Crippen LogP contribution in [0.3, 0.4) is 0 Å². The first kappa shape index (κ1) is 14.8. The van der Waals surface area contributed by atoms with Crippen LogP contribution in [0.5, 0.6) is 0 Å². The van der Waals surface area contributed by atoms with Crippen molar-refractivity contribution in [3.05, 3.63) is 41.7 Å². The van der Waals surface area contributed by atoms with Crippen molar-refractivity contribution in [3.63, 3.8) is 0 Å². The summed E-state index contributed by atoms with van der Waals surface area (Å²) in [5.74, 6) is 5.66. The van der Waals surface area contributed by atoms with Crippen molar-refractivity contribution in [2.45, 2.75) is 19.9 Å². The monoisotopic (exact) mass is 283 g/mol. The fourth-order valence-electron chi connectivity index (χ4n) is 1.80. The normalized spacial score (nSPS) is 9.81. The lowest BCUT2D eigenvalue weighted by atomic mass is 10.1. The predicted molar refractivity (Wildman–Crippen MR) is 80.4 cm³/mol. The van der Waals surface area contributed by atoms with Gasteiger partial charge >= 0.3 is 0 Å². The first-order chi connectivity index (χ1) is 10.2. The van der Waals surface area contributed by atoms with E-state index in [0.717, 1.165) is 11.1 Å². The number of amides is 1. The van der Waals surface area contributed by atoms with Crippen LogP contribution in [0.25, 0.3) is 0 Å². The number of carbonyl (C=O) groups is 1. The molecule has 0 aliphatic rings. The van der Waals surface area contributed by atoms with Gasteiger partial charge in [-0.3, -0.25) is 9.48 Å². The van der Waals surface area contributed by atoms with Crippen LogP contribution >= 0.6 is 0 Å². The number of benzene rings is 1. The summed E-state index contributed by atoms with van der Waals surface area (Å²) in [5, 5.41) is 10.4. The average Bonchev–Trinajstić information content (AvgIpc) is 2.98. The summed E-state index contributed by atoms with van der Waals surface area (Å²) in [4.78, 5) is 12.0. The molecule has 6 heteroatoms. The number of carbonyl (C=O) groups excluding carboxylic acids is 1. The van der Waals surface area contributed by atoms with Crippen molar-refractivity contribution >= 4 is 11.6 Å². The van der Waals surface area contributed by atoms with Crippen molar-refractivity contribution in [2.75, 3.05) is 11.9 Å². The summed E-state index contributed by atoms with van der Waals surface area (Å²) in [6, 6.07) is 5.73. The van der Waals surface area contributed by atoms with E-state index >= 15 is 0 Å². The van der Waals surface area contributed by atoms with Crippen LogP contribution in [0.2, 0.25) is 0 Å². The minimum atomic E-state index is -0.0908. The molecule has 1 aromatic heterocycles. The average molecular weight is 283 g/mol. The van der Waals surface area contributed by atoms with Crippen molar-refractivity contribution in [2.24, 2.45) is 5.73 Å². The van der Waals surface area contributed by atoms with Gasteiger partial charge in [-0.25, -0.2) is 0 Å². The van der Waals surface area contributed by atoms with E-state index in [4.69, 9.17) is 5.73 Å². The molecule has 3 N–H and O–H groups in total. The van der Waals surface area contributed by atoms with Gasteiger partial charge in [0, 0.05) is 18.2 Å². The number of anilines is 1. The van der Waals surface area contributed by atoms with Crippen molar-refractivity contribution in [1.82, 2.24) is 15.0 Å². The molecule has 1 amide bonds. The van der Waals surface area contributed by atoms with Crippen LogP contribution in [-0.4, -0.2) is 27.4 Å². The first-order valence-corrected chi connectivity index (χ1v) is 6.62. The van der Waals surface area contributed by atoms with E-state index in [2.05, 4.69) is 27.5 Å². The summed E-state index contributed by atoms with van der Waals surface area (Å²) in [6.45, 7) is 2.74. The van der Waals surface area contributed by atoms with Crippen LogP contribution in [0, 0.1) is 18.8 Å². The molecule has 0 bridgehead atoms. The molecular formula is C15H17N5O. The maximum atomic E-state index is 12.0. The fourth-order valence-corrected chi connectivity index (χ4v) is 1.80.